The lowest BCUT2D eigenvalue weighted by Crippen LogP contribution is -2.01. The third-order valence-electron chi connectivity index (χ3n) is 2.44. The van der Waals surface area contributed by atoms with Crippen LogP contribution in [0.1, 0.15) is 30.7 Å². The highest BCUT2D eigenvalue weighted by molar-refractivity contribution is 7.90. The standard InChI is InChI=1S/C12H14OS/c1-8-7-13-11-9(8)4-5-12(2,3)6-10(11)14/h4-7,14H,1-3H3. The number of hydrogen-bond donors (Lipinski definition) is 1. The van der Waals surface area contributed by atoms with Crippen molar-refractivity contribution in [2.24, 2.45) is 5.41 Å². The maximum atomic E-state index is 5.48. The van der Waals surface area contributed by atoms with Crippen LogP contribution in [0.5, 0.6) is 0 Å². The average molecular weight is 206 g/mol. The van der Waals surface area contributed by atoms with Gasteiger partial charge in [-0.05, 0) is 12.5 Å². The summed E-state index contributed by atoms with van der Waals surface area (Å²) in [5.74, 6) is 0.882. The molecule has 74 valence electrons. The molecule has 0 atom stereocenters. The van der Waals surface area contributed by atoms with E-state index in [2.05, 4.69) is 44.7 Å². The summed E-state index contributed by atoms with van der Waals surface area (Å²) in [5, 5.41) is 0. The summed E-state index contributed by atoms with van der Waals surface area (Å²) in [6.45, 7) is 6.36. The Bertz CT molecular complexity index is 422. The molecule has 0 amide bonds. The molecule has 1 nitrogen and oxygen atoms in total. The Morgan fingerprint density at radius 1 is 1.36 bits per heavy atom. The molecule has 0 aliphatic heterocycles. The summed E-state index contributed by atoms with van der Waals surface area (Å²) in [6, 6.07) is 0. The summed E-state index contributed by atoms with van der Waals surface area (Å²) >= 11 is 4.46. The molecule has 1 heterocycles. The van der Waals surface area contributed by atoms with E-state index in [0.717, 1.165) is 21.8 Å². The van der Waals surface area contributed by atoms with Crippen LogP contribution in [0.15, 0.2) is 22.8 Å². The van der Waals surface area contributed by atoms with Gasteiger partial charge in [0, 0.05) is 15.9 Å². The molecule has 1 aromatic rings. The fourth-order valence-electron chi connectivity index (χ4n) is 1.62. The average Bonchev–Trinajstić information content (AvgIpc) is 2.37. The third kappa shape index (κ3) is 1.55. The topological polar surface area (TPSA) is 13.1 Å². The van der Waals surface area contributed by atoms with E-state index in [1.54, 1.807) is 6.26 Å². The molecule has 1 aromatic heterocycles. The number of furan rings is 1. The maximum Gasteiger partial charge on any atom is 0.147 e. The number of allylic oxidation sites excluding steroid dienone is 2. The summed E-state index contributed by atoms with van der Waals surface area (Å²) in [4.78, 5) is 0.920. The summed E-state index contributed by atoms with van der Waals surface area (Å²) in [7, 11) is 0. The van der Waals surface area contributed by atoms with Gasteiger partial charge in [-0.2, -0.15) is 0 Å². The molecule has 14 heavy (non-hydrogen) atoms. The molecule has 0 spiro atoms. The molecule has 0 radical (unpaired) electrons. The van der Waals surface area contributed by atoms with Gasteiger partial charge in [0.25, 0.3) is 0 Å². The smallest absolute Gasteiger partial charge is 0.147 e. The van der Waals surface area contributed by atoms with Crippen molar-refractivity contribution in [3.8, 4) is 0 Å². The van der Waals surface area contributed by atoms with Crippen molar-refractivity contribution in [1.82, 2.24) is 0 Å². The number of fused-ring (bicyclic) bond motifs is 1. The van der Waals surface area contributed by atoms with Crippen LogP contribution < -0.4 is 0 Å². The first-order valence-electron chi connectivity index (χ1n) is 4.69. The van der Waals surface area contributed by atoms with E-state index in [-0.39, 0.29) is 5.41 Å². The van der Waals surface area contributed by atoms with Crippen LogP contribution in [0.4, 0.5) is 0 Å². The minimum absolute atomic E-state index is 0.0467. The van der Waals surface area contributed by atoms with Crippen LogP contribution >= 0.6 is 12.6 Å². The predicted molar refractivity (Wildman–Crippen MR) is 63.2 cm³/mol. The van der Waals surface area contributed by atoms with E-state index in [0.29, 0.717) is 0 Å². The van der Waals surface area contributed by atoms with Crippen molar-refractivity contribution in [2.75, 3.05) is 0 Å². The zero-order valence-corrected chi connectivity index (χ0v) is 9.56. The Balaban J connectivity index is 2.63. The summed E-state index contributed by atoms with van der Waals surface area (Å²) < 4.78 is 5.48. The first-order chi connectivity index (χ1) is 6.49. The molecule has 2 rings (SSSR count). The lowest BCUT2D eigenvalue weighted by atomic mass is 9.93. The van der Waals surface area contributed by atoms with Gasteiger partial charge in [0.2, 0.25) is 0 Å². The van der Waals surface area contributed by atoms with Gasteiger partial charge in [-0.1, -0.05) is 32.1 Å². The molecule has 0 saturated carbocycles. The van der Waals surface area contributed by atoms with E-state index in [9.17, 15) is 0 Å². The first kappa shape index (κ1) is 9.66. The highest BCUT2D eigenvalue weighted by Crippen LogP contribution is 2.36. The number of rotatable bonds is 0. The van der Waals surface area contributed by atoms with Crippen molar-refractivity contribution >= 4 is 23.6 Å². The minimum Gasteiger partial charge on any atom is -0.463 e. The van der Waals surface area contributed by atoms with Gasteiger partial charge in [0.1, 0.15) is 5.76 Å². The lowest BCUT2D eigenvalue weighted by Gasteiger charge is -2.13. The van der Waals surface area contributed by atoms with Gasteiger partial charge in [0.15, 0.2) is 0 Å². The van der Waals surface area contributed by atoms with Crippen molar-refractivity contribution in [2.45, 2.75) is 20.8 Å². The fourth-order valence-corrected chi connectivity index (χ4v) is 2.13. The Morgan fingerprint density at radius 3 is 2.79 bits per heavy atom. The monoisotopic (exact) mass is 206 g/mol. The van der Waals surface area contributed by atoms with Crippen molar-refractivity contribution < 1.29 is 4.42 Å². The van der Waals surface area contributed by atoms with E-state index < -0.39 is 0 Å². The van der Waals surface area contributed by atoms with Gasteiger partial charge < -0.3 is 4.42 Å². The lowest BCUT2D eigenvalue weighted by molar-refractivity contribution is 0.552. The van der Waals surface area contributed by atoms with Crippen LogP contribution in [0.25, 0.3) is 11.0 Å². The second kappa shape index (κ2) is 3.06. The molecule has 0 fully saturated rings. The molecular weight excluding hydrogens is 192 g/mol. The van der Waals surface area contributed by atoms with E-state index in [1.165, 1.54) is 0 Å². The molecule has 1 aliphatic carbocycles. The maximum absolute atomic E-state index is 5.48. The Labute approximate surface area is 89.9 Å². The minimum atomic E-state index is 0.0467. The second-order valence-corrected chi connectivity index (χ2v) is 4.83. The third-order valence-corrected chi connectivity index (χ3v) is 2.78. The van der Waals surface area contributed by atoms with Crippen molar-refractivity contribution in [3.05, 3.63) is 35.3 Å². The highest BCUT2D eigenvalue weighted by atomic mass is 32.1. The molecule has 0 saturated heterocycles. The summed E-state index contributed by atoms with van der Waals surface area (Å²) in [6.07, 6.45) is 8.18. The Morgan fingerprint density at radius 2 is 2.07 bits per heavy atom. The normalized spacial score (nSPS) is 18.7. The van der Waals surface area contributed by atoms with Crippen LogP contribution in [-0.2, 0) is 0 Å². The molecule has 0 bridgehead atoms. The van der Waals surface area contributed by atoms with E-state index >= 15 is 0 Å². The van der Waals surface area contributed by atoms with Crippen molar-refractivity contribution in [1.29, 1.82) is 0 Å². The molecular formula is C12H14OS. The molecule has 2 heteroatoms. The molecule has 1 aliphatic rings. The number of aryl methyl sites for hydroxylation is 1. The highest BCUT2D eigenvalue weighted by Gasteiger charge is 2.19. The van der Waals surface area contributed by atoms with Gasteiger partial charge in [-0.3, -0.25) is 0 Å². The Hall–Kier alpha value is -0.890. The number of hydrogen-bond acceptors (Lipinski definition) is 2. The largest absolute Gasteiger partial charge is 0.463 e. The molecule has 0 N–H and O–H groups in total. The van der Waals surface area contributed by atoms with Gasteiger partial charge in [0.05, 0.1) is 6.26 Å². The van der Waals surface area contributed by atoms with E-state index in [4.69, 9.17) is 4.42 Å². The fraction of sp³-hybridized carbons (Fsp3) is 0.333. The van der Waals surface area contributed by atoms with Crippen LogP contribution in [0.2, 0.25) is 0 Å². The van der Waals surface area contributed by atoms with Crippen LogP contribution in [-0.4, -0.2) is 0 Å². The van der Waals surface area contributed by atoms with Crippen LogP contribution in [0, 0.1) is 12.3 Å². The predicted octanol–water partition coefficient (Wildman–Crippen LogP) is 3.91. The zero-order valence-electron chi connectivity index (χ0n) is 8.66. The van der Waals surface area contributed by atoms with Crippen molar-refractivity contribution in [3.63, 3.8) is 0 Å². The molecule has 0 unspecified atom stereocenters. The summed E-state index contributed by atoms with van der Waals surface area (Å²) in [5.41, 5.74) is 2.36. The van der Waals surface area contributed by atoms with Gasteiger partial charge in [-0.25, -0.2) is 0 Å². The van der Waals surface area contributed by atoms with Crippen LogP contribution in [0.3, 0.4) is 0 Å². The Kier molecular flexibility index (Phi) is 2.11. The SMILES string of the molecule is Cc1coc2c1C=CC(C)(C)C=C2S. The number of thiol groups is 1. The van der Waals surface area contributed by atoms with Gasteiger partial charge in [-0.15, -0.1) is 12.6 Å². The van der Waals surface area contributed by atoms with E-state index in [1.807, 2.05) is 6.92 Å². The zero-order chi connectivity index (χ0) is 10.3. The first-order valence-corrected chi connectivity index (χ1v) is 5.14. The second-order valence-electron chi connectivity index (χ2n) is 4.35. The molecule has 0 aromatic carbocycles. The van der Waals surface area contributed by atoms with Gasteiger partial charge >= 0.3 is 0 Å². The quantitative estimate of drug-likeness (QED) is 0.635.